The fourth-order valence-electron chi connectivity index (χ4n) is 2.92. The Kier molecular flexibility index (Phi) is 5.14. The molecule has 25 heavy (non-hydrogen) atoms. The molecule has 2 atom stereocenters. The number of hydrogen-bond donors (Lipinski definition) is 2. The zero-order chi connectivity index (χ0) is 17.6. The lowest BCUT2D eigenvalue weighted by Gasteiger charge is -2.28. The Morgan fingerprint density at radius 3 is 2.00 bits per heavy atom. The van der Waals surface area contributed by atoms with Gasteiger partial charge in [-0.3, -0.25) is 4.79 Å². The molecule has 0 bridgehead atoms. The van der Waals surface area contributed by atoms with Gasteiger partial charge < -0.3 is 20.5 Å². The summed E-state index contributed by atoms with van der Waals surface area (Å²) in [7, 11) is 0. The predicted molar refractivity (Wildman–Crippen MR) is 95.2 cm³/mol. The van der Waals surface area contributed by atoms with E-state index in [-0.39, 0.29) is 5.91 Å². The van der Waals surface area contributed by atoms with Crippen LogP contribution < -0.4 is 15.7 Å². The van der Waals surface area contributed by atoms with Crippen LogP contribution in [-0.2, 0) is 9.59 Å². The van der Waals surface area contributed by atoms with Crippen molar-refractivity contribution < 1.29 is 14.7 Å². The molecule has 0 aromatic heterocycles. The van der Waals surface area contributed by atoms with Crippen molar-refractivity contribution in [3.05, 3.63) is 66.7 Å². The van der Waals surface area contributed by atoms with Crippen LogP contribution in [0.1, 0.15) is 12.8 Å². The summed E-state index contributed by atoms with van der Waals surface area (Å²) in [6.45, 7) is 0. The van der Waals surface area contributed by atoms with Crippen LogP contribution in [0.3, 0.4) is 0 Å². The van der Waals surface area contributed by atoms with Gasteiger partial charge in [0.2, 0.25) is 5.91 Å². The van der Waals surface area contributed by atoms with Crippen molar-refractivity contribution in [3.63, 3.8) is 0 Å². The highest BCUT2D eigenvalue weighted by Crippen LogP contribution is 2.27. The van der Waals surface area contributed by atoms with Gasteiger partial charge in [-0.1, -0.05) is 30.4 Å². The highest BCUT2D eigenvalue weighted by molar-refractivity contribution is 5.95. The number of anilines is 3. The number of nitrogens with one attached hydrogen (secondary N) is 2. The number of benzene rings is 2. The third-order valence-corrected chi connectivity index (χ3v) is 4.29. The first-order valence-electron chi connectivity index (χ1n) is 8.22. The SMILES string of the molecule is O=C(Nc1ccc(Nc2ccccc2)cc1)[C@H]1CC=CC[C@H]1C(=O)[O-]. The number of aliphatic carboxylic acids is 1. The van der Waals surface area contributed by atoms with Crippen LogP contribution in [0.2, 0.25) is 0 Å². The molecule has 3 rings (SSSR count). The zero-order valence-electron chi connectivity index (χ0n) is 13.6. The molecule has 128 valence electrons. The lowest BCUT2D eigenvalue weighted by molar-refractivity contribution is -0.313. The molecule has 0 heterocycles. The molecule has 1 amide bonds. The smallest absolute Gasteiger partial charge is 0.228 e. The molecule has 2 aromatic rings. The van der Waals surface area contributed by atoms with Gasteiger partial charge in [0.25, 0.3) is 0 Å². The number of allylic oxidation sites excluding steroid dienone is 2. The molecule has 0 fully saturated rings. The molecule has 0 spiro atoms. The van der Waals surface area contributed by atoms with Gasteiger partial charge in [0, 0.05) is 28.9 Å². The summed E-state index contributed by atoms with van der Waals surface area (Å²) >= 11 is 0. The van der Waals surface area contributed by atoms with Crippen LogP contribution in [0.5, 0.6) is 0 Å². The molecular weight excluding hydrogens is 316 g/mol. The minimum absolute atomic E-state index is 0.290. The highest BCUT2D eigenvalue weighted by atomic mass is 16.4. The van der Waals surface area contributed by atoms with Gasteiger partial charge >= 0.3 is 0 Å². The summed E-state index contributed by atoms with van der Waals surface area (Å²) in [6.07, 6.45) is 4.38. The Balaban J connectivity index is 1.63. The van der Waals surface area contributed by atoms with E-state index in [1.54, 1.807) is 18.2 Å². The third kappa shape index (κ3) is 4.26. The lowest BCUT2D eigenvalue weighted by Crippen LogP contribution is -2.41. The predicted octanol–water partition coefficient (Wildman–Crippen LogP) is 2.70. The van der Waals surface area contributed by atoms with E-state index in [0.717, 1.165) is 11.4 Å². The molecule has 2 N–H and O–H groups in total. The molecule has 5 nitrogen and oxygen atoms in total. The number of para-hydroxylation sites is 1. The average Bonchev–Trinajstić information content (AvgIpc) is 2.64. The first kappa shape index (κ1) is 16.8. The van der Waals surface area contributed by atoms with Crippen LogP contribution in [-0.4, -0.2) is 11.9 Å². The monoisotopic (exact) mass is 335 g/mol. The van der Waals surface area contributed by atoms with Gasteiger partial charge in [-0.25, -0.2) is 0 Å². The Bertz CT molecular complexity index is 769. The first-order valence-corrected chi connectivity index (χ1v) is 8.22. The second kappa shape index (κ2) is 7.66. The van der Waals surface area contributed by atoms with E-state index in [0.29, 0.717) is 18.5 Å². The quantitative estimate of drug-likeness (QED) is 0.823. The summed E-state index contributed by atoms with van der Waals surface area (Å²) < 4.78 is 0. The molecular formula is C20H19N2O3-. The second-order valence-corrected chi connectivity index (χ2v) is 6.03. The van der Waals surface area contributed by atoms with Crippen molar-refractivity contribution in [2.24, 2.45) is 11.8 Å². The van der Waals surface area contributed by atoms with Crippen LogP contribution in [0.25, 0.3) is 0 Å². The lowest BCUT2D eigenvalue weighted by atomic mass is 9.82. The summed E-state index contributed by atoms with van der Waals surface area (Å²) in [5.74, 6) is -2.84. The molecule has 1 aliphatic rings. The first-order chi connectivity index (χ1) is 12.1. The fraction of sp³-hybridized carbons (Fsp3) is 0.200. The standard InChI is InChI=1S/C20H20N2O3/c23-19(17-8-4-5-9-18(17)20(24)25)22-16-12-10-15(11-13-16)21-14-6-2-1-3-7-14/h1-7,10-13,17-18,21H,8-9H2,(H,22,23)(H,24,25)/p-1/t17-,18+/m0/s1. The van der Waals surface area contributed by atoms with Crippen LogP contribution in [0, 0.1) is 11.8 Å². The van der Waals surface area contributed by atoms with Crippen molar-refractivity contribution in [2.75, 3.05) is 10.6 Å². The number of rotatable bonds is 5. The number of carbonyl (C=O) groups excluding carboxylic acids is 2. The van der Waals surface area contributed by atoms with Crippen molar-refractivity contribution in [1.29, 1.82) is 0 Å². The van der Waals surface area contributed by atoms with Crippen LogP contribution >= 0.6 is 0 Å². The third-order valence-electron chi connectivity index (χ3n) is 4.29. The number of carboxylic acid groups (broad SMARTS) is 1. The zero-order valence-corrected chi connectivity index (χ0v) is 13.6. The largest absolute Gasteiger partial charge is 0.550 e. The number of hydrogen-bond acceptors (Lipinski definition) is 4. The van der Waals surface area contributed by atoms with Gasteiger partial charge in [-0.05, 0) is 49.2 Å². The number of amides is 1. The van der Waals surface area contributed by atoms with E-state index in [9.17, 15) is 14.7 Å². The summed E-state index contributed by atoms with van der Waals surface area (Å²) in [5, 5.41) is 17.3. The second-order valence-electron chi connectivity index (χ2n) is 6.03. The van der Waals surface area contributed by atoms with Gasteiger partial charge in [0.1, 0.15) is 0 Å². The normalized spacial score (nSPS) is 19.2. The molecule has 5 heteroatoms. The molecule has 0 aliphatic heterocycles. The van der Waals surface area contributed by atoms with Crippen LogP contribution in [0.4, 0.5) is 17.1 Å². The molecule has 0 unspecified atom stereocenters. The number of carboxylic acids is 1. The summed E-state index contributed by atoms with van der Waals surface area (Å²) in [5.41, 5.74) is 2.51. The minimum atomic E-state index is -1.17. The Morgan fingerprint density at radius 2 is 1.36 bits per heavy atom. The summed E-state index contributed by atoms with van der Waals surface area (Å²) in [4.78, 5) is 23.6. The Labute approximate surface area is 146 Å². The van der Waals surface area contributed by atoms with Crippen molar-refractivity contribution in [2.45, 2.75) is 12.8 Å². The number of carbonyl (C=O) groups is 2. The van der Waals surface area contributed by atoms with E-state index in [1.807, 2.05) is 48.5 Å². The fourth-order valence-corrected chi connectivity index (χ4v) is 2.92. The maximum Gasteiger partial charge on any atom is 0.228 e. The van der Waals surface area contributed by atoms with Crippen molar-refractivity contribution in [3.8, 4) is 0 Å². The topological polar surface area (TPSA) is 81.3 Å². The van der Waals surface area contributed by atoms with E-state index in [4.69, 9.17) is 0 Å². The minimum Gasteiger partial charge on any atom is -0.550 e. The van der Waals surface area contributed by atoms with Gasteiger partial charge in [0.15, 0.2) is 0 Å². The summed E-state index contributed by atoms with van der Waals surface area (Å²) in [6, 6.07) is 17.1. The molecule has 2 aromatic carbocycles. The molecule has 0 saturated heterocycles. The van der Waals surface area contributed by atoms with Crippen LogP contribution in [0.15, 0.2) is 66.7 Å². The van der Waals surface area contributed by atoms with Gasteiger partial charge in [0.05, 0.1) is 5.92 Å². The molecule has 0 radical (unpaired) electrons. The van der Waals surface area contributed by atoms with Gasteiger partial charge in [-0.15, -0.1) is 0 Å². The van der Waals surface area contributed by atoms with E-state index in [1.165, 1.54) is 0 Å². The average molecular weight is 335 g/mol. The Hall–Kier alpha value is -3.08. The molecule has 1 aliphatic carbocycles. The maximum atomic E-state index is 12.4. The Morgan fingerprint density at radius 1 is 0.800 bits per heavy atom. The van der Waals surface area contributed by atoms with Gasteiger partial charge in [-0.2, -0.15) is 0 Å². The maximum absolute atomic E-state index is 12.4. The van der Waals surface area contributed by atoms with E-state index >= 15 is 0 Å². The molecule has 0 saturated carbocycles. The van der Waals surface area contributed by atoms with Crippen molar-refractivity contribution >= 4 is 28.9 Å². The van der Waals surface area contributed by atoms with Crippen molar-refractivity contribution in [1.82, 2.24) is 0 Å². The van der Waals surface area contributed by atoms with E-state index in [2.05, 4.69) is 10.6 Å². The van der Waals surface area contributed by atoms with E-state index < -0.39 is 17.8 Å². The highest BCUT2D eigenvalue weighted by Gasteiger charge is 2.29.